The van der Waals surface area contributed by atoms with Gasteiger partial charge in [-0.2, -0.15) is 0 Å². The van der Waals surface area contributed by atoms with E-state index in [4.69, 9.17) is 4.42 Å². The third-order valence-electron chi connectivity index (χ3n) is 3.34. The van der Waals surface area contributed by atoms with Gasteiger partial charge >= 0.3 is 0 Å². The standard InChI is InChI=1S/C16H25NO/c1-6-8-9-10-15(17-11-7-2)16-12(3)13(4)18-14(16)5/h15,17H,7,9-11H2,1-5H3. The second-order valence-corrected chi connectivity index (χ2v) is 4.73. The fourth-order valence-corrected chi connectivity index (χ4v) is 2.33. The minimum absolute atomic E-state index is 0.364. The Labute approximate surface area is 111 Å². The molecule has 1 aromatic heterocycles. The first-order valence-corrected chi connectivity index (χ1v) is 6.81. The van der Waals surface area contributed by atoms with Crippen molar-refractivity contribution in [1.82, 2.24) is 5.32 Å². The Kier molecular flexibility index (Phi) is 6.01. The molecule has 2 heteroatoms. The van der Waals surface area contributed by atoms with Gasteiger partial charge in [0.05, 0.1) is 0 Å². The van der Waals surface area contributed by atoms with E-state index in [1.165, 1.54) is 11.1 Å². The van der Waals surface area contributed by atoms with Gasteiger partial charge in [-0.1, -0.05) is 6.92 Å². The van der Waals surface area contributed by atoms with Crippen LogP contribution in [0.4, 0.5) is 0 Å². The van der Waals surface area contributed by atoms with Crippen molar-refractivity contribution in [1.29, 1.82) is 0 Å². The highest BCUT2D eigenvalue weighted by atomic mass is 16.3. The number of rotatable bonds is 6. The van der Waals surface area contributed by atoms with Crippen molar-refractivity contribution in [2.24, 2.45) is 0 Å². The van der Waals surface area contributed by atoms with E-state index in [0.717, 1.165) is 37.3 Å². The molecule has 1 heterocycles. The third-order valence-corrected chi connectivity index (χ3v) is 3.34. The first kappa shape index (κ1) is 14.9. The fourth-order valence-electron chi connectivity index (χ4n) is 2.33. The number of aryl methyl sites for hydroxylation is 2. The molecule has 1 N–H and O–H groups in total. The molecule has 18 heavy (non-hydrogen) atoms. The van der Waals surface area contributed by atoms with Gasteiger partial charge in [-0.05, 0) is 52.6 Å². The van der Waals surface area contributed by atoms with Gasteiger partial charge in [-0.3, -0.25) is 0 Å². The first-order valence-electron chi connectivity index (χ1n) is 6.81. The quantitative estimate of drug-likeness (QED) is 0.767. The lowest BCUT2D eigenvalue weighted by molar-refractivity contribution is 0.471. The van der Waals surface area contributed by atoms with Crippen molar-refractivity contribution in [3.8, 4) is 11.8 Å². The van der Waals surface area contributed by atoms with Crippen LogP contribution in [0, 0.1) is 32.6 Å². The molecule has 1 atom stereocenters. The van der Waals surface area contributed by atoms with Crippen LogP contribution in [-0.4, -0.2) is 6.54 Å². The predicted octanol–water partition coefficient (Wildman–Crippen LogP) is 4.05. The highest BCUT2D eigenvalue weighted by molar-refractivity contribution is 5.34. The van der Waals surface area contributed by atoms with Gasteiger partial charge in [0.25, 0.3) is 0 Å². The van der Waals surface area contributed by atoms with Crippen molar-refractivity contribution in [2.45, 2.75) is 59.9 Å². The van der Waals surface area contributed by atoms with Gasteiger partial charge < -0.3 is 9.73 Å². The number of hydrogen-bond acceptors (Lipinski definition) is 2. The molecule has 0 aliphatic carbocycles. The fraction of sp³-hybridized carbons (Fsp3) is 0.625. The third kappa shape index (κ3) is 3.65. The summed E-state index contributed by atoms with van der Waals surface area (Å²) in [4.78, 5) is 0. The number of hydrogen-bond donors (Lipinski definition) is 1. The van der Waals surface area contributed by atoms with Gasteiger partial charge in [-0.15, -0.1) is 11.8 Å². The van der Waals surface area contributed by atoms with Crippen LogP contribution in [0.15, 0.2) is 4.42 Å². The maximum atomic E-state index is 5.74. The summed E-state index contributed by atoms with van der Waals surface area (Å²) in [6.07, 6.45) is 3.12. The van der Waals surface area contributed by atoms with Crippen LogP contribution in [0.2, 0.25) is 0 Å². The average Bonchev–Trinajstić information content (AvgIpc) is 2.59. The van der Waals surface area contributed by atoms with Crippen molar-refractivity contribution in [3.05, 3.63) is 22.6 Å². The van der Waals surface area contributed by atoms with Gasteiger partial charge in [0.2, 0.25) is 0 Å². The molecule has 0 saturated carbocycles. The lowest BCUT2D eigenvalue weighted by Gasteiger charge is -2.18. The monoisotopic (exact) mass is 247 g/mol. The van der Waals surface area contributed by atoms with E-state index in [0.29, 0.717) is 6.04 Å². The molecular formula is C16H25NO. The second kappa shape index (κ2) is 7.28. The molecule has 100 valence electrons. The molecule has 0 bridgehead atoms. The van der Waals surface area contributed by atoms with Crippen molar-refractivity contribution in [3.63, 3.8) is 0 Å². The topological polar surface area (TPSA) is 25.2 Å². The lowest BCUT2D eigenvalue weighted by Crippen LogP contribution is -2.23. The largest absolute Gasteiger partial charge is 0.466 e. The summed E-state index contributed by atoms with van der Waals surface area (Å²) in [6, 6.07) is 0.364. The molecule has 0 fully saturated rings. The number of furan rings is 1. The summed E-state index contributed by atoms with van der Waals surface area (Å²) >= 11 is 0. The second-order valence-electron chi connectivity index (χ2n) is 4.73. The highest BCUT2D eigenvalue weighted by Gasteiger charge is 2.19. The minimum atomic E-state index is 0.364. The zero-order chi connectivity index (χ0) is 13.5. The smallest absolute Gasteiger partial charge is 0.106 e. The average molecular weight is 247 g/mol. The van der Waals surface area contributed by atoms with Crippen LogP contribution >= 0.6 is 0 Å². The highest BCUT2D eigenvalue weighted by Crippen LogP contribution is 2.29. The summed E-state index contributed by atoms with van der Waals surface area (Å²) in [7, 11) is 0. The zero-order valence-corrected chi connectivity index (χ0v) is 12.3. The van der Waals surface area contributed by atoms with E-state index >= 15 is 0 Å². The molecule has 1 unspecified atom stereocenters. The molecule has 0 amide bonds. The van der Waals surface area contributed by atoms with Crippen molar-refractivity contribution in [2.75, 3.05) is 6.54 Å². The maximum absolute atomic E-state index is 5.74. The van der Waals surface area contributed by atoms with Gasteiger partial charge in [-0.25, -0.2) is 0 Å². The van der Waals surface area contributed by atoms with E-state index in [1.807, 2.05) is 13.8 Å². The Morgan fingerprint density at radius 1 is 1.22 bits per heavy atom. The number of nitrogens with one attached hydrogen (secondary N) is 1. The van der Waals surface area contributed by atoms with Crippen LogP contribution in [-0.2, 0) is 0 Å². The van der Waals surface area contributed by atoms with E-state index < -0.39 is 0 Å². The molecule has 2 nitrogen and oxygen atoms in total. The van der Waals surface area contributed by atoms with E-state index in [9.17, 15) is 0 Å². The van der Waals surface area contributed by atoms with Crippen LogP contribution in [0.3, 0.4) is 0 Å². The van der Waals surface area contributed by atoms with E-state index in [2.05, 4.69) is 37.9 Å². The Hall–Kier alpha value is -1.20. The molecule has 1 rings (SSSR count). The van der Waals surface area contributed by atoms with E-state index in [1.54, 1.807) is 0 Å². The summed E-state index contributed by atoms with van der Waals surface area (Å²) in [5, 5.41) is 3.61. The SMILES string of the molecule is CC#CCCC(NCCC)c1c(C)oc(C)c1C. The van der Waals surface area contributed by atoms with Crippen LogP contribution in [0.25, 0.3) is 0 Å². The molecule has 0 aliphatic rings. The molecule has 0 aliphatic heterocycles. The van der Waals surface area contributed by atoms with Crippen LogP contribution in [0.5, 0.6) is 0 Å². The van der Waals surface area contributed by atoms with Gasteiger partial charge in [0, 0.05) is 18.0 Å². The van der Waals surface area contributed by atoms with Crippen molar-refractivity contribution < 1.29 is 4.42 Å². The summed E-state index contributed by atoms with van der Waals surface area (Å²) in [5.41, 5.74) is 2.62. The Morgan fingerprint density at radius 3 is 2.44 bits per heavy atom. The molecule has 0 aromatic carbocycles. The maximum Gasteiger partial charge on any atom is 0.106 e. The zero-order valence-electron chi connectivity index (χ0n) is 12.3. The minimum Gasteiger partial charge on any atom is -0.466 e. The summed E-state index contributed by atoms with van der Waals surface area (Å²) in [6.45, 7) is 11.4. The molecular weight excluding hydrogens is 222 g/mol. The molecule has 0 radical (unpaired) electrons. The van der Waals surface area contributed by atoms with Crippen LogP contribution < -0.4 is 5.32 Å². The molecule has 1 aromatic rings. The van der Waals surface area contributed by atoms with E-state index in [-0.39, 0.29) is 0 Å². The first-order chi connectivity index (χ1) is 8.61. The summed E-state index contributed by atoms with van der Waals surface area (Å²) in [5.74, 6) is 8.19. The van der Waals surface area contributed by atoms with Crippen molar-refractivity contribution >= 4 is 0 Å². The summed E-state index contributed by atoms with van der Waals surface area (Å²) < 4.78 is 5.74. The van der Waals surface area contributed by atoms with Crippen LogP contribution in [0.1, 0.15) is 61.8 Å². The van der Waals surface area contributed by atoms with Gasteiger partial charge in [0.15, 0.2) is 0 Å². The Balaban J connectivity index is 2.88. The Bertz CT molecular complexity index is 434. The normalized spacial score (nSPS) is 12.1. The lowest BCUT2D eigenvalue weighted by atomic mass is 9.98. The molecule has 0 saturated heterocycles. The van der Waals surface area contributed by atoms with Gasteiger partial charge in [0.1, 0.15) is 11.5 Å². The molecule has 0 spiro atoms. The Morgan fingerprint density at radius 2 is 1.94 bits per heavy atom. The predicted molar refractivity (Wildman–Crippen MR) is 76.6 cm³/mol.